The third kappa shape index (κ3) is 7.02. The second-order valence-corrected chi connectivity index (χ2v) is 7.06. The van der Waals surface area contributed by atoms with Crippen LogP contribution in [0.5, 0.6) is 0 Å². The van der Waals surface area contributed by atoms with Crippen LogP contribution in [0.3, 0.4) is 0 Å². The summed E-state index contributed by atoms with van der Waals surface area (Å²) < 4.78 is 4.77. The molecule has 0 heterocycles. The molecule has 0 fully saturated rings. The summed E-state index contributed by atoms with van der Waals surface area (Å²) in [5.74, 6) is -0.944. The Morgan fingerprint density at radius 3 is 2.37 bits per heavy atom. The molecular formula is C20H32N3O4+. The first-order valence-corrected chi connectivity index (χ1v) is 9.24. The fourth-order valence-corrected chi connectivity index (χ4v) is 2.71. The van der Waals surface area contributed by atoms with Gasteiger partial charge in [-0.1, -0.05) is 32.4 Å². The summed E-state index contributed by atoms with van der Waals surface area (Å²) in [5, 5.41) is 5.61. The summed E-state index contributed by atoms with van der Waals surface area (Å²) in [4.78, 5) is 37.1. The van der Waals surface area contributed by atoms with Crippen molar-refractivity contribution in [2.45, 2.75) is 40.2 Å². The molecule has 1 rings (SSSR count). The lowest BCUT2D eigenvalue weighted by Crippen LogP contribution is -3.11. The number of esters is 1. The highest BCUT2D eigenvalue weighted by molar-refractivity contribution is 5.92. The van der Waals surface area contributed by atoms with Gasteiger partial charge < -0.3 is 20.3 Å². The van der Waals surface area contributed by atoms with Crippen LogP contribution in [-0.4, -0.2) is 51.1 Å². The molecule has 27 heavy (non-hydrogen) atoms. The predicted octanol–water partition coefficient (Wildman–Crippen LogP) is 0.461. The Kier molecular flexibility index (Phi) is 8.94. The second kappa shape index (κ2) is 10.7. The summed E-state index contributed by atoms with van der Waals surface area (Å²) >= 11 is 0. The first-order chi connectivity index (χ1) is 12.7. The number of aryl methyl sites for hydroxylation is 1. The van der Waals surface area contributed by atoms with Gasteiger partial charge in [0.15, 0.2) is 13.1 Å². The molecule has 3 atom stereocenters. The molecule has 150 valence electrons. The molecular weight excluding hydrogens is 346 g/mol. The summed E-state index contributed by atoms with van der Waals surface area (Å²) in [6.45, 7) is 8.01. The molecule has 2 amide bonds. The molecule has 0 aromatic heterocycles. The zero-order valence-electron chi connectivity index (χ0n) is 17.1. The van der Waals surface area contributed by atoms with Crippen molar-refractivity contribution < 1.29 is 24.0 Å². The fraction of sp³-hybridized carbons (Fsp3) is 0.550. The fourth-order valence-electron chi connectivity index (χ4n) is 2.71. The number of ether oxygens (including phenoxy) is 1. The molecule has 0 aliphatic carbocycles. The van der Waals surface area contributed by atoms with Crippen molar-refractivity contribution in [2.24, 2.45) is 5.92 Å². The normalized spacial score (nSPS) is 14.0. The van der Waals surface area contributed by atoms with Crippen LogP contribution in [0.25, 0.3) is 0 Å². The van der Waals surface area contributed by atoms with Crippen LogP contribution in [-0.2, 0) is 19.1 Å². The lowest BCUT2D eigenvalue weighted by atomic mass is 9.99. The number of carbonyl (C=O) groups excluding carboxylic acids is 3. The Morgan fingerprint density at radius 1 is 1.15 bits per heavy atom. The van der Waals surface area contributed by atoms with Gasteiger partial charge in [0.25, 0.3) is 11.8 Å². The van der Waals surface area contributed by atoms with E-state index in [0.717, 1.165) is 28.1 Å². The van der Waals surface area contributed by atoms with Crippen LogP contribution in [0.1, 0.15) is 31.4 Å². The van der Waals surface area contributed by atoms with Crippen molar-refractivity contribution in [3.8, 4) is 0 Å². The van der Waals surface area contributed by atoms with Gasteiger partial charge >= 0.3 is 5.97 Å². The van der Waals surface area contributed by atoms with Crippen molar-refractivity contribution >= 4 is 23.5 Å². The Bertz CT molecular complexity index is 675. The maximum absolute atomic E-state index is 12.3. The second-order valence-electron chi connectivity index (χ2n) is 7.06. The Labute approximate surface area is 161 Å². The molecule has 0 saturated carbocycles. The molecule has 3 N–H and O–H groups in total. The molecule has 1 unspecified atom stereocenters. The number of benzene rings is 1. The number of amides is 2. The topological polar surface area (TPSA) is 88.9 Å². The van der Waals surface area contributed by atoms with Gasteiger partial charge in [-0.05, 0) is 37.0 Å². The van der Waals surface area contributed by atoms with Gasteiger partial charge in [-0.3, -0.25) is 9.59 Å². The number of methoxy groups -OCH3 is 1. The first-order valence-electron chi connectivity index (χ1n) is 9.24. The van der Waals surface area contributed by atoms with E-state index in [1.54, 1.807) is 7.05 Å². The quantitative estimate of drug-likeness (QED) is 0.545. The minimum Gasteiger partial charge on any atom is -0.467 e. The van der Waals surface area contributed by atoms with Crippen molar-refractivity contribution in [1.29, 1.82) is 0 Å². The van der Waals surface area contributed by atoms with Crippen LogP contribution < -0.4 is 15.5 Å². The standard InChI is InChI=1S/C20H31N3O4/c1-7-13(2)19(20(26)27-6)22-18(25)12-23(5)11-17(24)21-16-10-8-9-14(3)15(16)4/h8-10,13,19H,7,11-12H2,1-6H3,(H,21,24)(H,22,25)/p+1/t13-,19-/m1/s1. The SMILES string of the molecule is CC[C@@H](C)[C@@H](NC(=O)C[NH+](C)CC(=O)Nc1cccc(C)c1C)C(=O)OC. The van der Waals surface area contributed by atoms with E-state index in [2.05, 4.69) is 10.6 Å². The first kappa shape index (κ1) is 22.6. The maximum atomic E-state index is 12.3. The molecule has 1 aromatic rings. The van der Waals surface area contributed by atoms with Crippen LogP contribution in [0.15, 0.2) is 18.2 Å². The number of hydrogen-bond acceptors (Lipinski definition) is 4. The minimum absolute atomic E-state index is 0.0331. The van der Waals surface area contributed by atoms with Crippen molar-refractivity contribution in [1.82, 2.24) is 5.32 Å². The third-order valence-corrected chi connectivity index (χ3v) is 4.79. The Balaban J connectivity index is 2.58. The molecule has 0 bridgehead atoms. The van der Waals surface area contributed by atoms with E-state index in [0.29, 0.717) is 0 Å². The molecule has 0 aliphatic heterocycles. The Morgan fingerprint density at radius 2 is 1.78 bits per heavy atom. The van der Waals surface area contributed by atoms with E-state index < -0.39 is 12.0 Å². The lowest BCUT2D eigenvalue weighted by Gasteiger charge is -2.22. The number of carbonyl (C=O) groups is 3. The van der Waals surface area contributed by atoms with Crippen molar-refractivity contribution in [2.75, 3.05) is 32.6 Å². The smallest absolute Gasteiger partial charge is 0.328 e. The van der Waals surface area contributed by atoms with E-state index in [1.165, 1.54) is 7.11 Å². The van der Waals surface area contributed by atoms with Gasteiger partial charge in [-0.2, -0.15) is 0 Å². The molecule has 7 heteroatoms. The molecule has 0 spiro atoms. The number of rotatable bonds is 9. The molecule has 1 aromatic carbocycles. The van der Waals surface area contributed by atoms with Crippen molar-refractivity contribution in [3.63, 3.8) is 0 Å². The van der Waals surface area contributed by atoms with E-state index in [9.17, 15) is 14.4 Å². The predicted molar refractivity (Wildman–Crippen MR) is 105 cm³/mol. The number of anilines is 1. The van der Waals surface area contributed by atoms with Gasteiger partial charge in [-0.15, -0.1) is 0 Å². The number of likely N-dealkylation sites (N-methyl/N-ethyl adjacent to an activating group) is 1. The average Bonchev–Trinajstić information content (AvgIpc) is 2.61. The van der Waals surface area contributed by atoms with Gasteiger partial charge in [0.05, 0.1) is 14.2 Å². The van der Waals surface area contributed by atoms with Crippen LogP contribution >= 0.6 is 0 Å². The minimum atomic E-state index is -0.677. The largest absolute Gasteiger partial charge is 0.467 e. The van der Waals surface area contributed by atoms with Crippen LogP contribution in [0.4, 0.5) is 5.69 Å². The van der Waals surface area contributed by atoms with E-state index in [-0.39, 0.29) is 30.8 Å². The lowest BCUT2D eigenvalue weighted by molar-refractivity contribution is -0.862. The highest BCUT2D eigenvalue weighted by Crippen LogP contribution is 2.17. The van der Waals surface area contributed by atoms with E-state index in [1.807, 2.05) is 45.9 Å². The highest BCUT2D eigenvalue weighted by Gasteiger charge is 2.27. The van der Waals surface area contributed by atoms with Gasteiger partial charge in [0.2, 0.25) is 0 Å². The van der Waals surface area contributed by atoms with Gasteiger partial charge in [-0.25, -0.2) is 4.79 Å². The molecule has 0 saturated heterocycles. The van der Waals surface area contributed by atoms with Gasteiger partial charge in [0.1, 0.15) is 6.04 Å². The third-order valence-electron chi connectivity index (χ3n) is 4.79. The van der Waals surface area contributed by atoms with Gasteiger partial charge in [0, 0.05) is 5.69 Å². The van der Waals surface area contributed by atoms with Crippen molar-refractivity contribution in [3.05, 3.63) is 29.3 Å². The van der Waals surface area contributed by atoms with Crippen LogP contribution in [0, 0.1) is 19.8 Å². The summed E-state index contributed by atoms with van der Waals surface area (Å²) in [6.07, 6.45) is 0.737. The van der Waals surface area contributed by atoms with Crippen LogP contribution in [0.2, 0.25) is 0 Å². The average molecular weight is 378 g/mol. The summed E-state index contributed by atoms with van der Waals surface area (Å²) in [7, 11) is 3.07. The molecule has 7 nitrogen and oxygen atoms in total. The summed E-state index contributed by atoms with van der Waals surface area (Å²) in [6, 6.07) is 5.06. The Hall–Kier alpha value is -2.41. The highest BCUT2D eigenvalue weighted by atomic mass is 16.5. The van der Waals surface area contributed by atoms with E-state index in [4.69, 9.17) is 4.74 Å². The zero-order valence-corrected chi connectivity index (χ0v) is 17.1. The summed E-state index contributed by atoms with van der Waals surface area (Å²) in [5.41, 5.74) is 2.90. The molecule has 0 radical (unpaired) electrons. The maximum Gasteiger partial charge on any atom is 0.328 e. The zero-order chi connectivity index (χ0) is 20.6. The molecule has 0 aliphatic rings. The monoisotopic (exact) mass is 378 g/mol. The number of nitrogens with one attached hydrogen (secondary N) is 3. The number of quaternary nitrogens is 1. The number of hydrogen-bond donors (Lipinski definition) is 3. The van der Waals surface area contributed by atoms with E-state index >= 15 is 0 Å².